The van der Waals surface area contributed by atoms with Crippen LogP contribution in [-0.2, 0) is 10.8 Å². The minimum atomic E-state index is 0.350. The Balaban J connectivity index is 1.21. The zero-order valence-corrected chi connectivity index (χ0v) is 21.3. The number of rotatable bonds is 7. The highest BCUT2D eigenvalue weighted by Crippen LogP contribution is 2.66. The number of aliphatic imine (C=N–C) groups is 1. The van der Waals surface area contributed by atoms with Crippen LogP contribution in [0.5, 0.6) is 0 Å². The van der Waals surface area contributed by atoms with E-state index in [0.29, 0.717) is 10.8 Å². The lowest BCUT2D eigenvalue weighted by molar-refractivity contribution is -0.0281. The summed E-state index contributed by atoms with van der Waals surface area (Å²) in [4.78, 5) is 7.17. The first-order valence-corrected chi connectivity index (χ1v) is 13.7. The van der Waals surface area contributed by atoms with E-state index in [0.717, 1.165) is 36.2 Å². The molecule has 2 heteroatoms. The third kappa shape index (κ3) is 4.11. The maximum atomic E-state index is 4.80. The average Bonchev–Trinajstić information content (AvgIpc) is 2.89. The molecule has 0 spiro atoms. The Morgan fingerprint density at radius 3 is 1.89 bits per heavy atom. The molecule has 2 atom stereocenters. The molecule has 0 N–H and O–H groups in total. The third-order valence-electron chi connectivity index (χ3n) is 9.31. The van der Waals surface area contributed by atoms with Gasteiger partial charge in [-0.3, -0.25) is 4.99 Å². The van der Waals surface area contributed by atoms with Gasteiger partial charge in [0, 0.05) is 25.0 Å². The van der Waals surface area contributed by atoms with Crippen molar-refractivity contribution in [2.24, 2.45) is 16.8 Å². The molecule has 0 heterocycles. The molecule has 0 saturated heterocycles. The maximum absolute atomic E-state index is 4.80. The van der Waals surface area contributed by atoms with Crippen molar-refractivity contribution in [3.63, 3.8) is 0 Å². The lowest BCUT2D eigenvalue weighted by Crippen LogP contribution is -2.55. The van der Waals surface area contributed by atoms with Gasteiger partial charge in [0.25, 0.3) is 0 Å². The fraction of sp³-hybridized carbons (Fsp3) is 0.424. The second kappa shape index (κ2) is 8.97. The maximum Gasteiger partial charge on any atom is 0.0630 e. The Labute approximate surface area is 211 Å². The third-order valence-corrected chi connectivity index (χ3v) is 9.31. The first-order chi connectivity index (χ1) is 17.1. The smallest absolute Gasteiger partial charge is 0.0630 e. The molecule has 35 heavy (non-hydrogen) atoms. The lowest BCUT2D eigenvalue weighted by Gasteiger charge is -2.62. The van der Waals surface area contributed by atoms with Crippen LogP contribution in [0.4, 0.5) is 11.4 Å². The molecular weight excluding hydrogens is 424 g/mol. The average molecular weight is 463 g/mol. The molecule has 0 aromatic heterocycles. The quantitative estimate of drug-likeness (QED) is 0.324. The summed E-state index contributed by atoms with van der Waals surface area (Å²) >= 11 is 0. The van der Waals surface area contributed by atoms with Crippen LogP contribution < -0.4 is 4.90 Å². The normalized spacial score (nSPS) is 29.1. The van der Waals surface area contributed by atoms with Gasteiger partial charge in [-0.15, -0.1) is 0 Å². The van der Waals surface area contributed by atoms with Crippen LogP contribution >= 0.6 is 0 Å². The molecule has 4 bridgehead atoms. The predicted octanol–water partition coefficient (Wildman–Crippen LogP) is 8.07. The highest BCUT2D eigenvalue weighted by Gasteiger charge is 2.58. The SMILES string of the molecule is CCN(CC)c1ccc(C=Nc2ccc(C34CC5CC(CC(c6ccccc6)(C5)C3)C4)cc2)cc1. The fourth-order valence-electron chi connectivity index (χ4n) is 8.14. The molecule has 4 aliphatic carbocycles. The Hall–Kier alpha value is -2.87. The zero-order valence-electron chi connectivity index (χ0n) is 21.3. The summed E-state index contributed by atoms with van der Waals surface area (Å²) in [6.07, 6.45) is 10.3. The molecule has 3 aromatic carbocycles. The van der Waals surface area contributed by atoms with Crippen molar-refractivity contribution in [1.29, 1.82) is 0 Å². The van der Waals surface area contributed by atoms with Crippen molar-refractivity contribution in [1.82, 2.24) is 0 Å². The van der Waals surface area contributed by atoms with E-state index in [1.54, 1.807) is 11.1 Å². The van der Waals surface area contributed by atoms with Crippen LogP contribution in [0.1, 0.15) is 69.1 Å². The summed E-state index contributed by atoms with van der Waals surface area (Å²) in [6, 6.07) is 29.4. The number of anilines is 1. The summed E-state index contributed by atoms with van der Waals surface area (Å²) in [7, 11) is 0. The molecule has 4 fully saturated rings. The Morgan fingerprint density at radius 1 is 0.743 bits per heavy atom. The number of nitrogens with zero attached hydrogens (tertiary/aromatic N) is 2. The van der Waals surface area contributed by atoms with E-state index in [4.69, 9.17) is 4.99 Å². The highest BCUT2D eigenvalue weighted by atomic mass is 15.1. The zero-order chi connectivity index (χ0) is 23.9. The minimum absolute atomic E-state index is 0.350. The van der Waals surface area contributed by atoms with Crippen molar-refractivity contribution in [3.05, 3.63) is 95.6 Å². The standard InChI is InChI=1S/C33H38N2/c1-3-35(4-2)31-16-10-25(11-17-31)23-34-30-14-12-29(13-15-30)33-21-26-18-27(22-33)20-32(19-26,24-33)28-8-6-5-7-9-28/h5-17,23,26-27H,3-4,18-22,24H2,1-2H3. The van der Waals surface area contributed by atoms with Gasteiger partial charge in [-0.05, 0) is 116 Å². The number of hydrogen-bond donors (Lipinski definition) is 0. The van der Waals surface area contributed by atoms with Crippen molar-refractivity contribution >= 4 is 17.6 Å². The summed E-state index contributed by atoms with van der Waals surface area (Å²) < 4.78 is 0. The molecular formula is C33H38N2. The summed E-state index contributed by atoms with van der Waals surface area (Å²) in [5.74, 6) is 1.77. The van der Waals surface area contributed by atoms with E-state index in [1.165, 1.54) is 44.2 Å². The van der Waals surface area contributed by atoms with Crippen molar-refractivity contribution < 1.29 is 0 Å². The molecule has 0 aliphatic heterocycles. The van der Waals surface area contributed by atoms with Crippen LogP contribution in [0, 0.1) is 11.8 Å². The van der Waals surface area contributed by atoms with Gasteiger partial charge in [0.15, 0.2) is 0 Å². The molecule has 2 nitrogen and oxygen atoms in total. The second-order valence-corrected chi connectivity index (χ2v) is 11.5. The van der Waals surface area contributed by atoms with Crippen LogP contribution in [-0.4, -0.2) is 19.3 Å². The van der Waals surface area contributed by atoms with Gasteiger partial charge in [-0.25, -0.2) is 0 Å². The van der Waals surface area contributed by atoms with Crippen LogP contribution in [0.2, 0.25) is 0 Å². The van der Waals surface area contributed by atoms with E-state index in [9.17, 15) is 0 Å². The molecule has 2 unspecified atom stereocenters. The Kier molecular flexibility index (Phi) is 5.79. The van der Waals surface area contributed by atoms with Crippen molar-refractivity contribution in [3.8, 4) is 0 Å². The largest absolute Gasteiger partial charge is 0.372 e. The van der Waals surface area contributed by atoms with Gasteiger partial charge in [-0.2, -0.15) is 0 Å². The molecule has 4 saturated carbocycles. The predicted molar refractivity (Wildman–Crippen MR) is 148 cm³/mol. The van der Waals surface area contributed by atoms with Crippen LogP contribution in [0.25, 0.3) is 0 Å². The highest BCUT2D eigenvalue weighted by molar-refractivity contribution is 5.82. The molecule has 7 rings (SSSR count). The topological polar surface area (TPSA) is 15.6 Å². The number of benzene rings is 3. The van der Waals surface area contributed by atoms with Gasteiger partial charge >= 0.3 is 0 Å². The fourth-order valence-corrected chi connectivity index (χ4v) is 8.14. The van der Waals surface area contributed by atoms with Gasteiger partial charge < -0.3 is 4.90 Å². The Bertz CT molecular complexity index is 1160. The second-order valence-electron chi connectivity index (χ2n) is 11.5. The van der Waals surface area contributed by atoms with E-state index >= 15 is 0 Å². The summed E-state index contributed by atoms with van der Waals surface area (Å²) in [5, 5.41) is 0. The molecule has 180 valence electrons. The lowest BCUT2D eigenvalue weighted by atomic mass is 9.42. The summed E-state index contributed by atoms with van der Waals surface area (Å²) in [6.45, 7) is 6.47. The van der Waals surface area contributed by atoms with Crippen molar-refractivity contribution in [2.45, 2.75) is 63.2 Å². The molecule has 0 amide bonds. The number of hydrogen-bond acceptors (Lipinski definition) is 2. The molecule has 3 aromatic rings. The van der Waals surface area contributed by atoms with Gasteiger partial charge in [-0.1, -0.05) is 54.6 Å². The van der Waals surface area contributed by atoms with Crippen molar-refractivity contribution in [2.75, 3.05) is 18.0 Å². The van der Waals surface area contributed by atoms with E-state index in [1.807, 2.05) is 6.21 Å². The molecule has 0 radical (unpaired) electrons. The summed E-state index contributed by atoms with van der Waals surface area (Å²) in [5.41, 5.74) is 7.35. The van der Waals surface area contributed by atoms with Gasteiger partial charge in [0.05, 0.1) is 5.69 Å². The van der Waals surface area contributed by atoms with E-state index < -0.39 is 0 Å². The van der Waals surface area contributed by atoms with Crippen LogP contribution in [0.3, 0.4) is 0 Å². The van der Waals surface area contributed by atoms with E-state index in [2.05, 4.69) is 97.6 Å². The van der Waals surface area contributed by atoms with E-state index in [-0.39, 0.29) is 0 Å². The van der Waals surface area contributed by atoms with Crippen LogP contribution in [0.15, 0.2) is 83.9 Å². The monoisotopic (exact) mass is 462 g/mol. The van der Waals surface area contributed by atoms with Gasteiger partial charge in [0.2, 0.25) is 0 Å². The first-order valence-electron chi connectivity index (χ1n) is 13.7. The Morgan fingerprint density at radius 2 is 1.31 bits per heavy atom. The van der Waals surface area contributed by atoms with Gasteiger partial charge in [0.1, 0.15) is 0 Å². The minimum Gasteiger partial charge on any atom is -0.372 e. The molecule has 4 aliphatic rings. The first kappa shape index (κ1) is 22.6.